The van der Waals surface area contributed by atoms with Crippen LogP contribution < -0.4 is 14.2 Å². The van der Waals surface area contributed by atoms with Gasteiger partial charge in [0.2, 0.25) is 0 Å². The van der Waals surface area contributed by atoms with Crippen LogP contribution in [0.15, 0.2) is 18.6 Å². The normalized spacial score (nSPS) is 42.1. The van der Waals surface area contributed by atoms with E-state index in [9.17, 15) is 29.7 Å². The van der Waals surface area contributed by atoms with Crippen molar-refractivity contribution in [2.45, 2.75) is 311 Å². The lowest BCUT2D eigenvalue weighted by atomic mass is 9.43. The molecule has 0 spiro atoms. The lowest BCUT2D eigenvalue weighted by Gasteiger charge is -2.62. The summed E-state index contributed by atoms with van der Waals surface area (Å²) in [6.07, 6.45) is 34.3. The van der Waals surface area contributed by atoms with Gasteiger partial charge in [-0.25, -0.2) is 14.0 Å². The Hall–Kier alpha value is -5.88. The molecule has 0 bridgehead atoms. The molecular formula is C87H132N12O12. The summed E-state index contributed by atoms with van der Waals surface area (Å²) in [7, 11) is 4.40. The summed E-state index contributed by atoms with van der Waals surface area (Å²) >= 11 is 0. The number of esters is 3. The Bertz CT molecular complexity index is 3560. The van der Waals surface area contributed by atoms with E-state index in [0.717, 1.165) is 135 Å². The molecular weight excluding hydrogens is 1410 g/mol. The molecule has 12 fully saturated rings. The fraction of sp³-hybridized carbons (Fsp3) is 0.862. The zero-order valence-corrected chi connectivity index (χ0v) is 68.8. The Morgan fingerprint density at radius 3 is 0.946 bits per heavy atom. The molecule has 12 aliphatic carbocycles. The molecule has 4 heterocycles. The highest BCUT2D eigenvalue weighted by atomic mass is 16.5. The molecule has 12 aliphatic rings. The van der Waals surface area contributed by atoms with E-state index < -0.39 is 0 Å². The van der Waals surface area contributed by atoms with Crippen LogP contribution in [0.2, 0.25) is 0 Å². The van der Waals surface area contributed by atoms with Crippen molar-refractivity contribution in [3.8, 4) is 18.0 Å². The summed E-state index contributed by atoms with van der Waals surface area (Å²) in [4.78, 5) is 50.6. The van der Waals surface area contributed by atoms with Gasteiger partial charge in [0.05, 0.1) is 76.4 Å². The first-order valence-electron chi connectivity index (χ1n) is 43.8. The van der Waals surface area contributed by atoms with Crippen LogP contribution in [0, 0.1) is 139 Å². The second kappa shape index (κ2) is 31.0. The van der Waals surface area contributed by atoms with Gasteiger partial charge in [-0.05, 0) is 312 Å². The number of hydrogen-bond donors (Lipinski definition) is 3. The summed E-state index contributed by atoms with van der Waals surface area (Å²) in [5.74, 6) is 8.00. The molecule has 4 aromatic rings. The van der Waals surface area contributed by atoms with Crippen molar-refractivity contribution >= 4 is 17.9 Å². The Balaban J connectivity index is 0.570. The van der Waals surface area contributed by atoms with Crippen molar-refractivity contribution in [3.63, 3.8) is 0 Å². The van der Waals surface area contributed by atoms with Gasteiger partial charge in [-0.15, -0.1) is 30.2 Å². The Morgan fingerprint density at radius 1 is 0.396 bits per heavy atom. The quantitative estimate of drug-likeness (QED) is 0.0434. The largest absolute Gasteiger partial charge is 0.469 e. The molecule has 111 heavy (non-hydrogen) atoms. The highest BCUT2D eigenvalue weighted by Gasteiger charge is 2.68. The van der Waals surface area contributed by atoms with Crippen molar-refractivity contribution in [2.24, 2.45) is 139 Å². The number of carbonyl (C=O) groups excluding carboxylic acids is 3. The minimum atomic E-state index is -0.359. The summed E-state index contributed by atoms with van der Waals surface area (Å²) in [6, 6.07) is 0.603. The van der Waals surface area contributed by atoms with E-state index in [4.69, 9.17) is 59.0 Å². The van der Waals surface area contributed by atoms with Crippen LogP contribution >= 0.6 is 0 Å². The number of aliphatic hydroxyl groups is 3. The van der Waals surface area contributed by atoms with E-state index in [0.29, 0.717) is 143 Å². The molecule has 0 aliphatic heterocycles. The fourth-order valence-corrected chi connectivity index (χ4v) is 29.8. The Morgan fingerprint density at radius 2 is 0.676 bits per heavy atom. The van der Waals surface area contributed by atoms with Gasteiger partial charge in [-0.1, -0.05) is 78.0 Å². The number of ether oxygens (including phenoxy) is 6. The van der Waals surface area contributed by atoms with Gasteiger partial charge in [0.25, 0.3) is 0 Å². The van der Waals surface area contributed by atoms with Crippen LogP contribution in [0.4, 0.5) is 0 Å². The second-order valence-electron chi connectivity index (χ2n) is 40.1. The first-order valence-corrected chi connectivity index (χ1v) is 43.8. The van der Waals surface area contributed by atoms with E-state index in [2.05, 4.69) is 77.6 Å². The number of hydrogen-bond acceptors (Lipinski definition) is 21. The molecule has 0 saturated heterocycles. The predicted molar refractivity (Wildman–Crippen MR) is 411 cm³/mol. The van der Waals surface area contributed by atoms with Crippen LogP contribution in [-0.2, 0) is 48.4 Å². The molecule has 0 radical (unpaired) electrons. The van der Waals surface area contributed by atoms with Crippen LogP contribution in [0.25, 0.3) is 0 Å². The van der Waals surface area contributed by atoms with Gasteiger partial charge >= 0.3 is 35.9 Å². The predicted octanol–water partition coefficient (Wildman–Crippen LogP) is 14.7. The third kappa shape index (κ3) is 13.9. The number of aliphatic hydroxyl groups excluding tert-OH is 3. The molecule has 30 atom stereocenters. The van der Waals surface area contributed by atoms with Crippen molar-refractivity contribution in [1.29, 1.82) is 0 Å². The zero-order valence-electron chi connectivity index (χ0n) is 68.8. The molecule has 24 nitrogen and oxygen atoms in total. The number of carbonyl (C=O) groups is 3. The minimum Gasteiger partial charge on any atom is -0.469 e. The van der Waals surface area contributed by atoms with Gasteiger partial charge in [-0.3, -0.25) is 14.4 Å². The summed E-state index contributed by atoms with van der Waals surface area (Å²) < 4.78 is 40.4. The molecule has 12 saturated carbocycles. The average Bonchev–Trinajstić information content (AvgIpc) is 1.66. The summed E-state index contributed by atoms with van der Waals surface area (Å²) in [5, 5.41) is 65.1. The topological polar surface area (TPSA) is 298 Å². The van der Waals surface area contributed by atoms with Crippen molar-refractivity contribution < 1.29 is 58.1 Å². The fourth-order valence-electron chi connectivity index (χ4n) is 29.8. The smallest absolute Gasteiger partial charge is 0.326 e. The maximum Gasteiger partial charge on any atom is 0.326 e. The van der Waals surface area contributed by atoms with E-state index >= 15 is 0 Å². The first kappa shape index (κ1) is 79.0. The maximum absolute atomic E-state index is 12.3. The highest BCUT2D eigenvalue weighted by Crippen LogP contribution is 2.73. The lowest BCUT2D eigenvalue weighted by molar-refractivity contribution is -0.171. The summed E-state index contributed by atoms with van der Waals surface area (Å²) in [6.45, 7) is 21.7. The molecule has 4 aromatic heterocycles. The molecule has 0 amide bonds. The molecule has 612 valence electrons. The standard InChI is InChI=1S/C87H132N12O12/c1-49(13-28-76(103)106-10)64-22-25-67-61-19-16-52-37-58(31-34-82(52,4)70(61)40-73(100)85(64,67)7)97-43-55(91-94-97)46-109-79-88-80(110-47-56-44-98(95-92-56)59-32-35-83(5)53(38-59)17-20-62-68-26-23-65(50(2)14-29-77(104)107-11)86(68,8)74(101)41-71(62)83)90-81(89-79)111-48-57-45-99(96-93-57)60-33-36-84(6)54(39-60)18-21-63-69-27-24-66(51(3)15-30-78(105)108-12)87(69,9)75(102)42-72(63)84/h43-45,49-54,58-75,100-102H,13-42,46-48H2,1-12H3/t49-,50-,51-,52-,53-,54-,58+,59+,60+,61+,62+,63+,64-,65-,66-,67+,68+,69+,70+,71+,72+,73+,74+,75+,82+,83+,84+,85-,86-,87-/m1/s1. The third-order valence-electron chi connectivity index (χ3n) is 36.0. The van der Waals surface area contributed by atoms with Gasteiger partial charge in [0.1, 0.15) is 36.9 Å². The lowest BCUT2D eigenvalue weighted by Crippen LogP contribution is -2.58. The number of nitrogens with zero attached hydrogens (tertiary/aromatic N) is 12. The Labute approximate surface area is 658 Å². The van der Waals surface area contributed by atoms with Crippen LogP contribution in [-0.4, -0.2) is 133 Å². The zero-order chi connectivity index (χ0) is 77.8. The van der Waals surface area contributed by atoms with Crippen LogP contribution in [0.5, 0.6) is 18.0 Å². The number of fused-ring (bicyclic) bond motifs is 15. The third-order valence-corrected chi connectivity index (χ3v) is 36.0. The SMILES string of the molecule is COC(=O)CC[C@@H](C)[C@H]1CC[C@H]2[C@@H]3CC[C@@H]4C[C@@H](n5cc(COc6nc(OCc7cn([C@H]8CC[C@@]9(C)[C@H](CC[C@@H]%10[C@@H]9C[C@H](O)[C@]9(C)[C@@H]([C@H](C)CCC(=O)OC)CC[C@@H]%109)C8)nn7)nc(OCc7cn([C@H]8CC[C@@]9(C)[C@H](CC[C@@H]%10[C@@H]9C[C@H](O)[C@]9(C)[C@@H]([C@H](C)CCC(=O)OC)CC[C@@H]%109)C8)nn7)n6)nn5)CC[C@]4(C)[C@H]3C[C@H](O)[C@]12C. The van der Waals surface area contributed by atoms with Gasteiger partial charge in [-0.2, -0.15) is 0 Å². The van der Waals surface area contributed by atoms with Gasteiger partial charge in [0.15, 0.2) is 0 Å². The maximum atomic E-state index is 12.3. The van der Waals surface area contributed by atoms with Crippen molar-refractivity contribution in [3.05, 3.63) is 35.7 Å². The molecule has 0 aromatic carbocycles. The molecule has 24 heteroatoms. The Kier molecular flexibility index (Phi) is 22.0. The molecule has 16 rings (SSSR count). The average molecular weight is 1540 g/mol. The van der Waals surface area contributed by atoms with Crippen LogP contribution in [0.1, 0.15) is 290 Å². The molecule has 3 N–H and O–H groups in total. The van der Waals surface area contributed by atoms with E-state index in [-0.39, 0.29) is 125 Å². The monoisotopic (exact) mass is 1540 g/mol. The van der Waals surface area contributed by atoms with E-state index in [1.165, 1.54) is 59.9 Å². The van der Waals surface area contributed by atoms with Crippen molar-refractivity contribution in [2.75, 3.05) is 21.3 Å². The highest BCUT2D eigenvalue weighted by molar-refractivity contribution is 5.69. The number of aromatic nitrogens is 12. The van der Waals surface area contributed by atoms with E-state index in [1.807, 2.05) is 32.6 Å². The van der Waals surface area contributed by atoms with Crippen molar-refractivity contribution in [1.82, 2.24) is 59.9 Å². The van der Waals surface area contributed by atoms with Gasteiger partial charge < -0.3 is 43.7 Å². The second-order valence-corrected chi connectivity index (χ2v) is 40.1. The summed E-state index contributed by atoms with van der Waals surface area (Å²) in [5.41, 5.74) is 1.92. The molecule has 0 unspecified atom stereocenters. The van der Waals surface area contributed by atoms with Crippen LogP contribution in [0.3, 0.4) is 0 Å². The first-order chi connectivity index (χ1) is 53.2. The number of methoxy groups -OCH3 is 3. The van der Waals surface area contributed by atoms with E-state index in [1.54, 1.807) is 0 Å². The van der Waals surface area contributed by atoms with Gasteiger partial charge in [0, 0.05) is 19.3 Å². The number of rotatable bonds is 24. The minimum absolute atomic E-state index is 0.0121.